The minimum Gasteiger partial charge on any atom is -0.380 e. The summed E-state index contributed by atoms with van der Waals surface area (Å²) in [4.78, 5) is 0. The van der Waals surface area contributed by atoms with Crippen molar-refractivity contribution in [2.45, 2.75) is 26.4 Å². The summed E-state index contributed by atoms with van der Waals surface area (Å²) in [6.07, 6.45) is 2.06. The molecular formula is C11H20N2O. The topological polar surface area (TPSA) is 26.2 Å². The summed E-state index contributed by atoms with van der Waals surface area (Å²) in [6.45, 7) is 6.62. The van der Waals surface area contributed by atoms with E-state index in [1.165, 1.54) is 5.69 Å². The van der Waals surface area contributed by atoms with E-state index >= 15 is 0 Å². The molecule has 1 aromatic rings. The normalized spacial score (nSPS) is 13.1. The van der Waals surface area contributed by atoms with Gasteiger partial charge in [-0.1, -0.05) is 0 Å². The standard InChI is InChI=1S/C11H20N2O/c1-4-14-9-10(2)12-8-11-6-5-7-13(11)3/h5-7,10,12H,4,8-9H2,1-3H3. The Labute approximate surface area is 86.1 Å². The average Bonchev–Trinajstić information content (AvgIpc) is 2.58. The average molecular weight is 196 g/mol. The molecule has 0 amide bonds. The minimum absolute atomic E-state index is 0.407. The molecule has 0 aromatic carbocycles. The summed E-state index contributed by atoms with van der Waals surface area (Å²) < 4.78 is 7.45. The van der Waals surface area contributed by atoms with Gasteiger partial charge in [0.05, 0.1) is 6.61 Å². The Kier molecular flexibility index (Phi) is 4.70. The molecule has 0 aliphatic rings. The molecule has 0 bridgehead atoms. The second-order valence-electron chi connectivity index (χ2n) is 3.55. The second-order valence-corrected chi connectivity index (χ2v) is 3.55. The van der Waals surface area contributed by atoms with Crippen molar-refractivity contribution in [3.05, 3.63) is 24.0 Å². The van der Waals surface area contributed by atoms with Crippen LogP contribution in [0.2, 0.25) is 0 Å². The lowest BCUT2D eigenvalue weighted by atomic mass is 10.3. The SMILES string of the molecule is CCOCC(C)NCc1cccn1C. The Morgan fingerprint density at radius 3 is 2.93 bits per heavy atom. The molecule has 0 saturated heterocycles. The van der Waals surface area contributed by atoms with Gasteiger partial charge in [-0.15, -0.1) is 0 Å². The zero-order valence-corrected chi connectivity index (χ0v) is 9.29. The molecule has 0 aliphatic carbocycles. The van der Waals surface area contributed by atoms with Crippen molar-refractivity contribution < 1.29 is 4.74 Å². The summed E-state index contributed by atoms with van der Waals surface area (Å²) in [6, 6.07) is 4.59. The van der Waals surface area contributed by atoms with Crippen LogP contribution in [0.4, 0.5) is 0 Å². The third-order valence-corrected chi connectivity index (χ3v) is 2.25. The first-order chi connectivity index (χ1) is 6.74. The molecule has 0 fully saturated rings. The van der Waals surface area contributed by atoms with Crippen LogP contribution in [0.1, 0.15) is 19.5 Å². The van der Waals surface area contributed by atoms with Gasteiger partial charge in [0, 0.05) is 38.1 Å². The number of nitrogens with zero attached hydrogens (tertiary/aromatic N) is 1. The summed E-state index contributed by atoms with van der Waals surface area (Å²) in [5, 5.41) is 3.41. The molecule has 1 rings (SSSR count). The minimum atomic E-state index is 0.407. The van der Waals surface area contributed by atoms with Gasteiger partial charge in [0.15, 0.2) is 0 Å². The summed E-state index contributed by atoms with van der Waals surface area (Å²) in [5.41, 5.74) is 1.30. The van der Waals surface area contributed by atoms with Crippen LogP contribution in [0, 0.1) is 0 Å². The number of hydrogen-bond acceptors (Lipinski definition) is 2. The second kappa shape index (κ2) is 5.83. The quantitative estimate of drug-likeness (QED) is 0.747. The molecule has 0 saturated carbocycles. The van der Waals surface area contributed by atoms with Gasteiger partial charge in [-0.05, 0) is 26.0 Å². The third-order valence-electron chi connectivity index (χ3n) is 2.25. The first-order valence-corrected chi connectivity index (χ1v) is 5.15. The first kappa shape index (κ1) is 11.3. The lowest BCUT2D eigenvalue weighted by molar-refractivity contribution is 0.127. The smallest absolute Gasteiger partial charge is 0.0616 e. The van der Waals surface area contributed by atoms with Gasteiger partial charge in [0.25, 0.3) is 0 Å². The highest BCUT2D eigenvalue weighted by atomic mass is 16.5. The van der Waals surface area contributed by atoms with E-state index in [1.807, 2.05) is 6.92 Å². The number of nitrogens with one attached hydrogen (secondary N) is 1. The first-order valence-electron chi connectivity index (χ1n) is 5.15. The van der Waals surface area contributed by atoms with Crippen molar-refractivity contribution in [3.8, 4) is 0 Å². The maximum Gasteiger partial charge on any atom is 0.0616 e. The lowest BCUT2D eigenvalue weighted by Crippen LogP contribution is -2.30. The van der Waals surface area contributed by atoms with Gasteiger partial charge < -0.3 is 14.6 Å². The summed E-state index contributed by atoms with van der Waals surface area (Å²) in [5.74, 6) is 0. The largest absolute Gasteiger partial charge is 0.380 e. The van der Waals surface area contributed by atoms with E-state index in [-0.39, 0.29) is 0 Å². The predicted molar refractivity (Wildman–Crippen MR) is 58.2 cm³/mol. The van der Waals surface area contributed by atoms with Crippen molar-refractivity contribution in [1.29, 1.82) is 0 Å². The van der Waals surface area contributed by atoms with Gasteiger partial charge in [0.2, 0.25) is 0 Å². The van der Waals surface area contributed by atoms with E-state index in [4.69, 9.17) is 4.74 Å². The highest BCUT2D eigenvalue weighted by Gasteiger charge is 2.02. The van der Waals surface area contributed by atoms with Crippen molar-refractivity contribution in [2.24, 2.45) is 7.05 Å². The van der Waals surface area contributed by atoms with Crippen LogP contribution < -0.4 is 5.32 Å². The number of hydrogen-bond donors (Lipinski definition) is 1. The fraction of sp³-hybridized carbons (Fsp3) is 0.636. The Morgan fingerprint density at radius 1 is 1.57 bits per heavy atom. The van der Waals surface area contributed by atoms with E-state index in [0.29, 0.717) is 6.04 Å². The molecule has 0 spiro atoms. The fourth-order valence-corrected chi connectivity index (χ4v) is 1.31. The molecule has 1 atom stereocenters. The van der Waals surface area contributed by atoms with Crippen LogP contribution in [0.15, 0.2) is 18.3 Å². The molecule has 1 heterocycles. The highest BCUT2D eigenvalue weighted by molar-refractivity contribution is 5.06. The van der Waals surface area contributed by atoms with E-state index < -0.39 is 0 Å². The molecule has 1 N–H and O–H groups in total. The van der Waals surface area contributed by atoms with Crippen LogP contribution >= 0.6 is 0 Å². The van der Waals surface area contributed by atoms with Crippen molar-refractivity contribution in [1.82, 2.24) is 9.88 Å². The third kappa shape index (κ3) is 3.52. The van der Waals surface area contributed by atoms with Gasteiger partial charge in [0.1, 0.15) is 0 Å². The van der Waals surface area contributed by atoms with E-state index in [0.717, 1.165) is 19.8 Å². The fourth-order valence-electron chi connectivity index (χ4n) is 1.31. The maximum absolute atomic E-state index is 5.33. The Hall–Kier alpha value is -0.800. The van der Waals surface area contributed by atoms with Crippen LogP contribution in [-0.4, -0.2) is 23.8 Å². The van der Waals surface area contributed by atoms with Crippen LogP contribution in [0.3, 0.4) is 0 Å². The Morgan fingerprint density at radius 2 is 2.36 bits per heavy atom. The van der Waals surface area contributed by atoms with Crippen molar-refractivity contribution in [2.75, 3.05) is 13.2 Å². The Balaban J connectivity index is 2.23. The number of ether oxygens (including phenoxy) is 1. The number of aryl methyl sites for hydroxylation is 1. The molecule has 14 heavy (non-hydrogen) atoms. The van der Waals surface area contributed by atoms with Crippen LogP contribution in [0.5, 0.6) is 0 Å². The molecule has 1 aromatic heterocycles. The zero-order chi connectivity index (χ0) is 10.4. The molecular weight excluding hydrogens is 176 g/mol. The Bertz CT molecular complexity index is 258. The van der Waals surface area contributed by atoms with Crippen molar-refractivity contribution >= 4 is 0 Å². The zero-order valence-electron chi connectivity index (χ0n) is 9.29. The number of rotatable bonds is 6. The molecule has 0 radical (unpaired) electrons. The maximum atomic E-state index is 5.33. The molecule has 3 nitrogen and oxygen atoms in total. The van der Waals surface area contributed by atoms with Crippen LogP contribution in [0.25, 0.3) is 0 Å². The van der Waals surface area contributed by atoms with E-state index in [1.54, 1.807) is 0 Å². The lowest BCUT2D eigenvalue weighted by Gasteiger charge is -2.13. The molecule has 3 heteroatoms. The van der Waals surface area contributed by atoms with Crippen molar-refractivity contribution in [3.63, 3.8) is 0 Å². The molecule has 80 valence electrons. The predicted octanol–water partition coefficient (Wildman–Crippen LogP) is 1.54. The summed E-state index contributed by atoms with van der Waals surface area (Å²) in [7, 11) is 2.06. The monoisotopic (exact) mass is 196 g/mol. The van der Waals surface area contributed by atoms with E-state index in [9.17, 15) is 0 Å². The van der Waals surface area contributed by atoms with Gasteiger partial charge >= 0.3 is 0 Å². The summed E-state index contributed by atoms with van der Waals surface area (Å²) >= 11 is 0. The van der Waals surface area contributed by atoms with Gasteiger partial charge in [-0.3, -0.25) is 0 Å². The van der Waals surface area contributed by atoms with E-state index in [2.05, 4.69) is 42.2 Å². The molecule has 1 unspecified atom stereocenters. The highest BCUT2D eigenvalue weighted by Crippen LogP contribution is 1.99. The molecule has 0 aliphatic heterocycles. The van der Waals surface area contributed by atoms with Crippen LogP contribution in [-0.2, 0) is 18.3 Å². The van der Waals surface area contributed by atoms with Gasteiger partial charge in [-0.25, -0.2) is 0 Å². The van der Waals surface area contributed by atoms with Gasteiger partial charge in [-0.2, -0.15) is 0 Å². The number of aromatic nitrogens is 1.